The lowest BCUT2D eigenvalue weighted by Crippen LogP contribution is -2.34. The van der Waals surface area contributed by atoms with Crippen molar-refractivity contribution in [2.24, 2.45) is 5.73 Å². The van der Waals surface area contributed by atoms with E-state index in [1.165, 1.54) is 12.1 Å². The minimum atomic E-state index is -4.28. The van der Waals surface area contributed by atoms with Crippen molar-refractivity contribution in [1.82, 2.24) is 0 Å². The van der Waals surface area contributed by atoms with Crippen molar-refractivity contribution in [3.05, 3.63) is 29.8 Å². The Morgan fingerprint density at radius 1 is 1.12 bits per heavy atom. The second-order valence-electron chi connectivity index (χ2n) is 4.74. The highest BCUT2D eigenvalue weighted by molar-refractivity contribution is 5.45. The molecule has 1 aromatic rings. The largest absolute Gasteiger partial charge is 0.416 e. The molecule has 0 radical (unpaired) electrons. The van der Waals surface area contributed by atoms with Gasteiger partial charge in [-0.15, -0.1) is 0 Å². The predicted octanol–water partition coefficient (Wildman–Crippen LogP) is 3.24. The standard InChI is InChI=1S/C12H17F3N2/c1-11(2,16)7-8-17-10-5-3-9(4-6-10)12(13,14)15/h3-6,17H,7-8,16H2,1-2H3. The maximum absolute atomic E-state index is 12.3. The van der Waals surface area contributed by atoms with Crippen LogP contribution in [-0.4, -0.2) is 12.1 Å². The lowest BCUT2D eigenvalue weighted by Gasteiger charge is -2.18. The number of hydrogen-bond acceptors (Lipinski definition) is 2. The molecular formula is C12H17F3N2. The second kappa shape index (κ2) is 4.96. The lowest BCUT2D eigenvalue weighted by atomic mass is 10.0. The van der Waals surface area contributed by atoms with E-state index in [0.29, 0.717) is 12.2 Å². The molecule has 1 rings (SSSR count). The molecule has 5 heteroatoms. The summed E-state index contributed by atoms with van der Waals surface area (Å²) in [6.07, 6.45) is -3.54. The van der Waals surface area contributed by atoms with Gasteiger partial charge in [0.05, 0.1) is 5.56 Å². The number of hydrogen-bond donors (Lipinski definition) is 2. The molecule has 0 aromatic heterocycles. The van der Waals surface area contributed by atoms with Crippen LogP contribution in [0.5, 0.6) is 0 Å². The fraction of sp³-hybridized carbons (Fsp3) is 0.500. The van der Waals surface area contributed by atoms with Crippen molar-refractivity contribution in [3.63, 3.8) is 0 Å². The van der Waals surface area contributed by atoms with Gasteiger partial charge in [-0.3, -0.25) is 0 Å². The van der Waals surface area contributed by atoms with E-state index in [4.69, 9.17) is 5.73 Å². The van der Waals surface area contributed by atoms with E-state index in [1.807, 2.05) is 13.8 Å². The second-order valence-corrected chi connectivity index (χ2v) is 4.74. The third-order valence-corrected chi connectivity index (χ3v) is 2.31. The van der Waals surface area contributed by atoms with Crippen LogP contribution in [0.3, 0.4) is 0 Å². The molecule has 0 amide bonds. The number of rotatable bonds is 4. The molecule has 0 spiro atoms. The smallest absolute Gasteiger partial charge is 0.385 e. The van der Waals surface area contributed by atoms with Gasteiger partial charge in [-0.25, -0.2) is 0 Å². The SMILES string of the molecule is CC(C)(N)CCNc1ccc(C(F)(F)F)cc1. The number of halogens is 3. The Balaban J connectivity index is 2.52. The lowest BCUT2D eigenvalue weighted by molar-refractivity contribution is -0.137. The molecule has 0 aliphatic heterocycles. The first kappa shape index (κ1) is 13.8. The van der Waals surface area contributed by atoms with Crippen LogP contribution in [0.2, 0.25) is 0 Å². The zero-order chi connectivity index (χ0) is 13.1. The molecule has 2 nitrogen and oxygen atoms in total. The molecular weight excluding hydrogens is 229 g/mol. The number of nitrogens with two attached hydrogens (primary N) is 1. The number of benzene rings is 1. The minimum absolute atomic E-state index is 0.279. The zero-order valence-electron chi connectivity index (χ0n) is 9.93. The topological polar surface area (TPSA) is 38.0 Å². The summed E-state index contributed by atoms with van der Waals surface area (Å²) in [6.45, 7) is 4.44. The maximum Gasteiger partial charge on any atom is 0.416 e. The van der Waals surface area contributed by atoms with Gasteiger partial charge in [0.1, 0.15) is 0 Å². The molecule has 0 aliphatic carbocycles. The molecule has 17 heavy (non-hydrogen) atoms. The Bertz CT molecular complexity index is 349. The average molecular weight is 246 g/mol. The van der Waals surface area contributed by atoms with E-state index in [1.54, 1.807) is 0 Å². The van der Waals surface area contributed by atoms with Gasteiger partial charge < -0.3 is 11.1 Å². The van der Waals surface area contributed by atoms with Gasteiger partial charge in [-0.1, -0.05) is 0 Å². The van der Waals surface area contributed by atoms with E-state index in [-0.39, 0.29) is 5.54 Å². The Hall–Kier alpha value is -1.23. The Kier molecular flexibility index (Phi) is 4.03. The molecule has 1 aromatic carbocycles. The average Bonchev–Trinajstić information content (AvgIpc) is 2.15. The third-order valence-electron chi connectivity index (χ3n) is 2.31. The summed E-state index contributed by atoms with van der Waals surface area (Å²) in [4.78, 5) is 0. The van der Waals surface area contributed by atoms with Gasteiger partial charge in [0.15, 0.2) is 0 Å². The first-order valence-corrected chi connectivity index (χ1v) is 5.38. The van der Waals surface area contributed by atoms with Gasteiger partial charge in [0.25, 0.3) is 0 Å². The third kappa shape index (κ3) is 5.08. The highest BCUT2D eigenvalue weighted by atomic mass is 19.4. The molecule has 0 atom stereocenters. The predicted molar refractivity (Wildman–Crippen MR) is 62.8 cm³/mol. The molecule has 0 bridgehead atoms. The van der Waals surface area contributed by atoms with Crippen LogP contribution in [0.25, 0.3) is 0 Å². The summed E-state index contributed by atoms with van der Waals surface area (Å²) in [6, 6.07) is 4.98. The number of alkyl halides is 3. The van der Waals surface area contributed by atoms with Gasteiger partial charge in [0, 0.05) is 17.8 Å². The normalized spacial score (nSPS) is 12.6. The summed E-state index contributed by atoms with van der Waals surface area (Å²) in [5.74, 6) is 0. The Labute approximate surface area is 99.0 Å². The molecule has 0 heterocycles. The summed E-state index contributed by atoms with van der Waals surface area (Å²) in [5, 5.41) is 3.03. The first-order chi connectivity index (χ1) is 7.68. The zero-order valence-corrected chi connectivity index (χ0v) is 9.93. The van der Waals surface area contributed by atoms with Crippen molar-refractivity contribution in [2.75, 3.05) is 11.9 Å². The van der Waals surface area contributed by atoms with Crippen LogP contribution >= 0.6 is 0 Å². The van der Waals surface area contributed by atoms with Crippen molar-refractivity contribution in [2.45, 2.75) is 32.0 Å². The Morgan fingerprint density at radius 2 is 1.65 bits per heavy atom. The van der Waals surface area contributed by atoms with Crippen LogP contribution in [0, 0.1) is 0 Å². The molecule has 0 fully saturated rings. The fourth-order valence-electron chi connectivity index (χ4n) is 1.31. The van der Waals surface area contributed by atoms with E-state index in [0.717, 1.165) is 18.6 Å². The van der Waals surface area contributed by atoms with E-state index < -0.39 is 11.7 Å². The minimum Gasteiger partial charge on any atom is -0.385 e. The summed E-state index contributed by atoms with van der Waals surface area (Å²) >= 11 is 0. The van der Waals surface area contributed by atoms with Crippen LogP contribution in [0.1, 0.15) is 25.8 Å². The molecule has 0 saturated heterocycles. The van der Waals surface area contributed by atoms with E-state index in [9.17, 15) is 13.2 Å². The molecule has 3 N–H and O–H groups in total. The number of anilines is 1. The van der Waals surface area contributed by atoms with Crippen LogP contribution in [0.4, 0.5) is 18.9 Å². The Morgan fingerprint density at radius 3 is 2.06 bits per heavy atom. The number of nitrogens with one attached hydrogen (secondary N) is 1. The van der Waals surface area contributed by atoms with E-state index in [2.05, 4.69) is 5.32 Å². The van der Waals surface area contributed by atoms with Crippen LogP contribution in [-0.2, 0) is 6.18 Å². The van der Waals surface area contributed by atoms with Gasteiger partial charge >= 0.3 is 6.18 Å². The monoisotopic (exact) mass is 246 g/mol. The van der Waals surface area contributed by atoms with Crippen LogP contribution < -0.4 is 11.1 Å². The molecule has 0 unspecified atom stereocenters. The highest BCUT2D eigenvalue weighted by Crippen LogP contribution is 2.29. The summed E-state index contributed by atoms with van der Waals surface area (Å²) < 4.78 is 36.9. The summed E-state index contributed by atoms with van der Waals surface area (Å²) in [5.41, 5.74) is 5.55. The van der Waals surface area contributed by atoms with Gasteiger partial charge in [-0.2, -0.15) is 13.2 Å². The van der Waals surface area contributed by atoms with Crippen molar-refractivity contribution in [3.8, 4) is 0 Å². The fourth-order valence-corrected chi connectivity index (χ4v) is 1.31. The molecule has 0 saturated carbocycles. The van der Waals surface area contributed by atoms with Gasteiger partial charge in [-0.05, 0) is 44.5 Å². The van der Waals surface area contributed by atoms with Crippen molar-refractivity contribution < 1.29 is 13.2 Å². The van der Waals surface area contributed by atoms with Crippen molar-refractivity contribution in [1.29, 1.82) is 0 Å². The van der Waals surface area contributed by atoms with Gasteiger partial charge in [0.2, 0.25) is 0 Å². The van der Waals surface area contributed by atoms with Crippen molar-refractivity contribution >= 4 is 5.69 Å². The highest BCUT2D eigenvalue weighted by Gasteiger charge is 2.29. The van der Waals surface area contributed by atoms with Crippen LogP contribution in [0.15, 0.2) is 24.3 Å². The summed E-state index contributed by atoms with van der Waals surface area (Å²) in [7, 11) is 0. The maximum atomic E-state index is 12.3. The first-order valence-electron chi connectivity index (χ1n) is 5.38. The quantitative estimate of drug-likeness (QED) is 0.855. The molecule has 96 valence electrons. The van der Waals surface area contributed by atoms with E-state index >= 15 is 0 Å². The molecule has 0 aliphatic rings.